The van der Waals surface area contributed by atoms with Crippen LogP contribution >= 0.6 is 11.6 Å². The van der Waals surface area contributed by atoms with E-state index in [-0.39, 0.29) is 22.3 Å². The first-order valence-corrected chi connectivity index (χ1v) is 11.8. The molecule has 3 N–H and O–H groups in total. The Bertz CT molecular complexity index is 1720. The topological polar surface area (TPSA) is 122 Å². The fourth-order valence-electron chi connectivity index (χ4n) is 4.15. The van der Waals surface area contributed by atoms with Gasteiger partial charge in [-0.25, -0.2) is 14.4 Å². The molecule has 11 heteroatoms. The molecule has 0 saturated carbocycles. The molecule has 188 valence electrons. The average Bonchev–Trinajstić information content (AvgIpc) is 3.25. The zero-order chi connectivity index (χ0) is 26.5. The molecule has 0 atom stereocenters. The third-order valence-electron chi connectivity index (χ3n) is 6.01. The van der Waals surface area contributed by atoms with Gasteiger partial charge in [-0.1, -0.05) is 17.7 Å². The SMILES string of the molecule is Cc1ccc(-n2cccc(C(C)(C)O)c2=O)cc1-c1[nH]nc2nc(Nc3ncc(Cl)cc3F)nc(C)c12. The molecule has 0 spiro atoms. The van der Waals surface area contributed by atoms with E-state index < -0.39 is 11.4 Å². The number of pyridine rings is 2. The highest BCUT2D eigenvalue weighted by molar-refractivity contribution is 6.30. The molecule has 4 aromatic heterocycles. The second-order valence-electron chi connectivity index (χ2n) is 9.19. The predicted molar refractivity (Wildman–Crippen MR) is 140 cm³/mol. The first-order valence-electron chi connectivity index (χ1n) is 11.4. The lowest BCUT2D eigenvalue weighted by molar-refractivity contribution is 0.0768. The number of aromatic amines is 1. The minimum absolute atomic E-state index is 0.0545. The normalized spacial score (nSPS) is 11.8. The summed E-state index contributed by atoms with van der Waals surface area (Å²) in [5.41, 5.74) is 2.74. The Morgan fingerprint density at radius 1 is 1.16 bits per heavy atom. The van der Waals surface area contributed by atoms with Crippen LogP contribution in [-0.4, -0.2) is 34.8 Å². The molecule has 0 aliphatic rings. The molecular weight excluding hydrogens is 497 g/mol. The fraction of sp³-hybridized carbons (Fsp3) is 0.192. The van der Waals surface area contributed by atoms with E-state index in [1.165, 1.54) is 10.8 Å². The molecule has 0 aliphatic heterocycles. The van der Waals surface area contributed by atoms with Gasteiger partial charge in [-0.15, -0.1) is 0 Å². The van der Waals surface area contributed by atoms with Gasteiger partial charge in [0, 0.05) is 29.2 Å². The highest BCUT2D eigenvalue weighted by Crippen LogP contribution is 2.32. The van der Waals surface area contributed by atoms with E-state index in [1.807, 2.05) is 25.1 Å². The number of aryl methyl sites for hydroxylation is 2. The summed E-state index contributed by atoms with van der Waals surface area (Å²) in [4.78, 5) is 25.9. The molecular formula is C26H23ClFN7O2. The van der Waals surface area contributed by atoms with Crippen molar-refractivity contribution in [2.24, 2.45) is 0 Å². The van der Waals surface area contributed by atoms with Crippen LogP contribution in [-0.2, 0) is 5.60 Å². The highest BCUT2D eigenvalue weighted by atomic mass is 35.5. The number of anilines is 2. The van der Waals surface area contributed by atoms with Crippen molar-refractivity contribution in [3.63, 3.8) is 0 Å². The zero-order valence-corrected chi connectivity index (χ0v) is 21.2. The van der Waals surface area contributed by atoms with Gasteiger partial charge >= 0.3 is 0 Å². The molecule has 9 nitrogen and oxygen atoms in total. The number of aromatic nitrogens is 6. The largest absolute Gasteiger partial charge is 0.386 e. The third-order valence-corrected chi connectivity index (χ3v) is 6.21. The maximum absolute atomic E-state index is 14.2. The van der Waals surface area contributed by atoms with Crippen molar-refractivity contribution in [2.75, 3.05) is 5.32 Å². The van der Waals surface area contributed by atoms with Crippen molar-refractivity contribution in [2.45, 2.75) is 33.3 Å². The highest BCUT2D eigenvalue weighted by Gasteiger charge is 2.22. The van der Waals surface area contributed by atoms with E-state index in [0.717, 1.165) is 17.2 Å². The summed E-state index contributed by atoms with van der Waals surface area (Å²) >= 11 is 5.78. The van der Waals surface area contributed by atoms with Crippen LogP contribution in [0.25, 0.3) is 28.0 Å². The van der Waals surface area contributed by atoms with E-state index in [2.05, 4.69) is 30.5 Å². The lowest BCUT2D eigenvalue weighted by atomic mass is 9.99. The van der Waals surface area contributed by atoms with Crippen LogP contribution in [0, 0.1) is 19.7 Å². The number of nitrogens with one attached hydrogen (secondary N) is 2. The van der Waals surface area contributed by atoms with E-state index in [4.69, 9.17) is 11.6 Å². The summed E-state index contributed by atoms with van der Waals surface area (Å²) in [6.07, 6.45) is 2.98. The number of H-pyrrole nitrogens is 1. The molecule has 37 heavy (non-hydrogen) atoms. The lowest BCUT2D eigenvalue weighted by Gasteiger charge is -2.18. The monoisotopic (exact) mass is 519 g/mol. The Labute approximate surface area is 216 Å². The molecule has 0 amide bonds. The van der Waals surface area contributed by atoms with Crippen molar-refractivity contribution < 1.29 is 9.50 Å². The van der Waals surface area contributed by atoms with Crippen LogP contribution in [0.3, 0.4) is 0 Å². The number of halogens is 2. The molecule has 5 aromatic rings. The zero-order valence-electron chi connectivity index (χ0n) is 20.5. The average molecular weight is 520 g/mol. The Balaban J connectivity index is 1.58. The number of hydrogen-bond acceptors (Lipinski definition) is 7. The number of hydrogen-bond donors (Lipinski definition) is 3. The Hall–Kier alpha value is -4.15. The van der Waals surface area contributed by atoms with E-state index in [0.29, 0.717) is 33.7 Å². The molecule has 5 rings (SSSR count). The number of benzene rings is 1. The molecule has 0 fully saturated rings. The summed E-state index contributed by atoms with van der Waals surface area (Å²) in [5.74, 6) is -0.550. The summed E-state index contributed by atoms with van der Waals surface area (Å²) < 4.78 is 15.7. The van der Waals surface area contributed by atoms with Crippen LogP contribution in [0.4, 0.5) is 16.2 Å². The molecule has 4 heterocycles. The van der Waals surface area contributed by atoms with Gasteiger partial charge in [0.15, 0.2) is 17.3 Å². The van der Waals surface area contributed by atoms with Gasteiger partial charge in [-0.2, -0.15) is 10.1 Å². The molecule has 0 aliphatic carbocycles. The third kappa shape index (κ3) is 4.56. The Morgan fingerprint density at radius 3 is 2.68 bits per heavy atom. The van der Waals surface area contributed by atoms with Gasteiger partial charge in [0.2, 0.25) is 5.95 Å². The van der Waals surface area contributed by atoms with E-state index in [9.17, 15) is 14.3 Å². The summed E-state index contributed by atoms with van der Waals surface area (Å²) in [5, 5.41) is 21.4. The maximum Gasteiger partial charge on any atom is 0.261 e. The summed E-state index contributed by atoms with van der Waals surface area (Å²) in [7, 11) is 0. The number of nitrogens with zero attached hydrogens (tertiary/aromatic N) is 5. The minimum atomic E-state index is -1.28. The van der Waals surface area contributed by atoms with Crippen molar-refractivity contribution in [1.29, 1.82) is 0 Å². The van der Waals surface area contributed by atoms with Crippen LogP contribution < -0.4 is 10.9 Å². The van der Waals surface area contributed by atoms with Crippen LogP contribution in [0.15, 0.2) is 53.6 Å². The molecule has 0 bridgehead atoms. The number of aliphatic hydroxyl groups is 1. The smallest absolute Gasteiger partial charge is 0.261 e. The number of fused-ring (bicyclic) bond motifs is 1. The standard InChI is InChI=1S/C26H23ClFN7O2/c1-13-7-8-16(35-9-5-6-18(24(35)36)26(3,4)37)11-17(13)21-20-14(2)30-25(32-23(20)34-33-21)31-22-19(28)10-15(27)12-29-22/h5-12,37H,1-4H3,(H2,29,30,31,32,33,34). The van der Waals surface area contributed by atoms with E-state index >= 15 is 0 Å². The van der Waals surface area contributed by atoms with Gasteiger partial charge in [0.25, 0.3) is 5.56 Å². The Morgan fingerprint density at radius 2 is 1.95 bits per heavy atom. The Kier molecular flexibility index (Phi) is 6.01. The lowest BCUT2D eigenvalue weighted by Crippen LogP contribution is -2.30. The van der Waals surface area contributed by atoms with Crippen molar-refractivity contribution >= 4 is 34.4 Å². The summed E-state index contributed by atoms with van der Waals surface area (Å²) in [6, 6.07) is 10.1. The number of rotatable bonds is 5. The molecule has 0 saturated heterocycles. The second kappa shape index (κ2) is 9.06. The predicted octanol–water partition coefficient (Wildman–Crippen LogP) is 4.95. The van der Waals surface area contributed by atoms with Gasteiger partial charge in [0.1, 0.15) is 0 Å². The summed E-state index contributed by atoms with van der Waals surface area (Å²) in [6.45, 7) is 6.91. The van der Waals surface area contributed by atoms with Gasteiger partial charge in [-0.05, 0) is 63.6 Å². The second-order valence-corrected chi connectivity index (χ2v) is 9.63. The van der Waals surface area contributed by atoms with Gasteiger partial charge in [-0.3, -0.25) is 14.5 Å². The molecule has 0 radical (unpaired) electrons. The van der Waals surface area contributed by atoms with Crippen molar-refractivity contribution in [1.82, 2.24) is 29.7 Å². The first kappa shape index (κ1) is 24.5. The van der Waals surface area contributed by atoms with Crippen LogP contribution in [0.2, 0.25) is 5.02 Å². The first-order chi connectivity index (χ1) is 17.5. The van der Waals surface area contributed by atoms with Crippen molar-refractivity contribution in [3.8, 4) is 16.9 Å². The molecule has 1 aromatic carbocycles. The van der Waals surface area contributed by atoms with Gasteiger partial charge in [0.05, 0.1) is 27.4 Å². The van der Waals surface area contributed by atoms with E-state index in [1.54, 1.807) is 39.1 Å². The van der Waals surface area contributed by atoms with Crippen LogP contribution in [0.1, 0.15) is 30.7 Å². The van der Waals surface area contributed by atoms with Gasteiger partial charge < -0.3 is 10.4 Å². The van der Waals surface area contributed by atoms with Crippen LogP contribution in [0.5, 0.6) is 0 Å². The molecule has 0 unspecified atom stereocenters. The minimum Gasteiger partial charge on any atom is -0.386 e. The maximum atomic E-state index is 14.2. The fourth-order valence-corrected chi connectivity index (χ4v) is 4.30. The quantitative estimate of drug-likeness (QED) is 0.300. The van der Waals surface area contributed by atoms with Crippen molar-refractivity contribution in [3.05, 3.63) is 86.8 Å².